The Morgan fingerprint density at radius 3 is 2.68 bits per heavy atom. The monoisotopic (exact) mass is 262 g/mol. The first-order valence-corrected chi connectivity index (χ1v) is 5.41. The van der Waals surface area contributed by atoms with Crippen molar-refractivity contribution in [2.75, 3.05) is 20.7 Å². The summed E-state index contributed by atoms with van der Waals surface area (Å²) in [7, 11) is 2.93. The van der Waals surface area contributed by atoms with Crippen LogP contribution in [0.1, 0.15) is 10.4 Å². The average molecular weight is 262 g/mol. The van der Waals surface area contributed by atoms with Crippen LogP contribution in [0.2, 0.25) is 0 Å². The maximum absolute atomic E-state index is 11.4. The lowest BCUT2D eigenvalue weighted by Crippen LogP contribution is -2.27. The Morgan fingerprint density at radius 2 is 2.11 bits per heavy atom. The molecule has 0 bridgehead atoms. The molecule has 0 aliphatic rings. The molecule has 6 heteroatoms. The molecule has 0 fully saturated rings. The van der Waals surface area contributed by atoms with Gasteiger partial charge in [0.2, 0.25) is 0 Å². The van der Waals surface area contributed by atoms with Crippen molar-refractivity contribution in [1.82, 2.24) is 10.6 Å². The normalized spacial score (nSPS) is 9.11. The van der Waals surface area contributed by atoms with Gasteiger partial charge >= 0.3 is 6.09 Å². The Hall–Kier alpha value is -2.68. The summed E-state index contributed by atoms with van der Waals surface area (Å²) in [6.45, 7) is 0.0669. The minimum Gasteiger partial charge on any atom is -0.493 e. The Labute approximate surface area is 111 Å². The van der Waals surface area contributed by atoms with Crippen LogP contribution in [0.15, 0.2) is 18.2 Å². The lowest BCUT2D eigenvalue weighted by atomic mass is 10.2. The van der Waals surface area contributed by atoms with Gasteiger partial charge in [-0.05, 0) is 18.2 Å². The first-order valence-electron chi connectivity index (χ1n) is 5.41. The summed E-state index contributed by atoms with van der Waals surface area (Å²) < 4.78 is 10.1. The predicted molar refractivity (Wildman–Crippen MR) is 69.2 cm³/mol. The fraction of sp³-hybridized carbons (Fsp3) is 0.231. The topological polar surface area (TPSA) is 76.7 Å². The second kappa shape index (κ2) is 6.91. The lowest BCUT2D eigenvalue weighted by molar-refractivity contribution is 0.0962. The summed E-state index contributed by atoms with van der Waals surface area (Å²) >= 11 is 0. The van der Waals surface area contributed by atoms with Gasteiger partial charge in [-0.3, -0.25) is 4.79 Å². The quantitative estimate of drug-likeness (QED) is 0.786. The van der Waals surface area contributed by atoms with Gasteiger partial charge in [-0.15, -0.1) is 6.42 Å². The van der Waals surface area contributed by atoms with Crippen molar-refractivity contribution in [2.45, 2.75) is 0 Å². The van der Waals surface area contributed by atoms with Crippen molar-refractivity contribution in [3.05, 3.63) is 23.8 Å². The summed E-state index contributed by atoms with van der Waals surface area (Å²) in [5, 5.41) is 4.83. The van der Waals surface area contributed by atoms with Crippen molar-refractivity contribution in [3.63, 3.8) is 0 Å². The van der Waals surface area contributed by atoms with Gasteiger partial charge in [-0.1, -0.05) is 5.92 Å². The number of nitrogens with one attached hydrogen (secondary N) is 2. The molecule has 0 aliphatic heterocycles. The molecule has 0 heterocycles. The molecule has 2 amide bonds. The third-order valence-electron chi connectivity index (χ3n) is 2.19. The van der Waals surface area contributed by atoms with Gasteiger partial charge < -0.3 is 20.1 Å². The van der Waals surface area contributed by atoms with E-state index in [9.17, 15) is 9.59 Å². The maximum Gasteiger partial charge on any atom is 0.413 e. The number of hydrogen-bond acceptors (Lipinski definition) is 4. The SMILES string of the molecule is C#CCNC(=O)Oc1ccc(C(=O)NC)cc1OC. The zero-order valence-electron chi connectivity index (χ0n) is 10.6. The molecule has 2 N–H and O–H groups in total. The molecule has 0 saturated heterocycles. The number of amides is 2. The largest absolute Gasteiger partial charge is 0.493 e. The molecule has 19 heavy (non-hydrogen) atoms. The molecule has 0 unspecified atom stereocenters. The Kier molecular flexibility index (Phi) is 5.23. The van der Waals surface area contributed by atoms with E-state index < -0.39 is 6.09 Å². The van der Waals surface area contributed by atoms with Crippen molar-refractivity contribution < 1.29 is 19.1 Å². The van der Waals surface area contributed by atoms with Crippen LogP contribution in [0.3, 0.4) is 0 Å². The maximum atomic E-state index is 11.4. The minimum atomic E-state index is -0.691. The number of methoxy groups -OCH3 is 1. The molecule has 6 nitrogen and oxygen atoms in total. The highest BCUT2D eigenvalue weighted by Crippen LogP contribution is 2.28. The minimum absolute atomic E-state index is 0.0669. The molecule has 0 aromatic heterocycles. The van der Waals surface area contributed by atoms with E-state index in [-0.39, 0.29) is 24.0 Å². The molecule has 1 aromatic rings. The zero-order chi connectivity index (χ0) is 14.3. The van der Waals surface area contributed by atoms with Crippen molar-refractivity contribution in [1.29, 1.82) is 0 Å². The standard InChI is InChI=1S/C13H14N2O4/c1-4-7-15-13(17)19-10-6-5-9(12(16)14-2)8-11(10)18-3/h1,5-6,8H,7H2,2-3H3,(H,14,16)(H,15,17). The fourth-order valence-electron chi connectivity index (χ4n) is 1.30. The van der Waals surface area contributed by atoms with Gasteiger partial charge in [-0.25, -0.2) is 4.79 Å². The van der Waals surface area contributed by atoms with E-state index in [0.29, 0.717) is 5.56 Å². The third kappa shape index (κ3) is 3.92. The molecule has 100 valence electrons. The molecule has 0 atom stereocenters. The second-order valence-corrected chi connectivity index (χ2v) is 3.39. The first kappa shape index (κ1) is 14.4. The van der Waals surface area contributed by atoms with Crippen LogP contribution in [-0.4, -0.2) is 32.7 Å². The number of benzene rings is 1. The molecule has 0 spiro atoms. The van der Waals surface area contributed by atoms with Crippen LogP contribution >= 0.6 is 0 Å². The Balaban J connectivity index is 2.88. The number of terminal acetylenes is 1. The van der Waals surface area contributed by atoms with Crippen LogP contribution in [0, 0.1) is 12.3 Å². The van der Waals surface area contributed by atoms with Crippen LogP contribution in [-0.2, 0) is 0 Å². The highest BCUT2D eigenvalue weighted by atomic mass is 16.6. The molecular formula is C13H14N2O4. The Morgan fingerprint density at radius 1 is 1.37 bits per heavy atom. The van der Waals surface area contributed by atoms with Gasteiger partial charge in [0, 0.05) is 12.6 Å². The number of hydrogen-bond donors (Lipinski definition) is 2. The Bertz CT molecular complexity index is 520. The van der Waals surface area contributed by atoms with Crippen LogP contribution in [0.4, 0.5) is 4.79 Å². The number of carbonyl (C=O) groups excluding carboxylic acids is 2. The van der Waals surface area contributed by atoms with E-state index in [0.717, 1.165) is 0 Å². The summed E-state index contributed by atoms with van der Waals surface area (Å²) in [6, 6.07) is 4.46. The van der Waals surface area contributed by atoms with E-state index in [1.807, 2.05) is 0 Å². The van der Waals surface area contributed by atoms with E-state index >= 15 is 0 Å². The van der Waals surface area contributed by atoms with E-state index in [1.54, 1.807) is 0 Å². The predicted octanol–water partition coefficient (Wildman–Crippen LogP) is 0.776. The van der Waals surface area contributed by atoms with Gasteiger partial charge in [-0.2, -0.15) is 0 Å². The lowest BCUT2D eigenvalue weighted by Gasteiger charge is -2.10. The van der Waals surface area contributed by atoms with Gasteiger partial charge in [0.25, 0.3) is 5.91 Å². The van der Waals surface area contributed by atoms with Gasteiger partial charge in [0.15, 0.2) is 11.5 Å². The zero-order valence-corrected chi connectivity index (χ0v) is 10.6. The molecule has 0 aliphatic carbocycles. The van der Waals surface area contributed by atoms with Crippen LogP contribution in [0.5, 0.6) is 11.5 Å². The van der Waals surface area contributed by atoms with Crippen LogP contribution < -0.4 is 20.1 Å². The van der Waals surface area contributed by atoms with Crippen molar-refractivity contribution in [3.8, 4) is 23.8 Å². The third-order valence-corrected chi connectivity index (χ3v) is 2.19. The fourth-order valence-corrected chi connectivity index (χ4v) is 1.30. The molecule has 1 aromatic carbocycles. The summed E-state index contributed by atoms with van der Waals surface area (Å²) in [4.78, 5) is 22.8. The smallest absolute Gasteiger partial charge is 0.413 e. The number of carbonyl (C=O) groups is 2. The second-order valence-electron chi connectivity index (χ2n) is 3.39. The number of ether oxygens (including phenoxy) is 2. The van der Waals surface area contributed by atoms with Crippen LogP contribution in [0.25, 0.3) is 0 Å². The van der Waals surface area contributed by atoms with E-state index in [1.165, 1.54) is 32.4 Å². The van der Waals surface area contributed by atoms with Crippen molar-refractivity contribution >= 4 is 12.0 Å². The van der Waals surface area contributed by atoms with Crippen molar-refractivity contribution in [2.24, 2.45) is 0 Å². The molecular weight excluding hydrogens is 248 g/mol. The highest BCUT2D eigenvalue weighted by Gasteiger charge is 2.12. The highest BCUT2D eigenvalue weighted by molar-refractivity contribution is 5.94. The summed E-state index contributed by atoms with van der Waals surface area (Å²) in [5.41, 5.74) is 0.399. The summed E-state index contributed by atoms with van der Waals surface area (Å²) in [6.07, 6.45) is 4.31. The first-order chi connectivity index (χ1) is 9.12. The average Bonchev–Trinajstić information content (AvgIpc) is 2.44. The molecule has 0 radical (unpaired) electrons. The van der Waals surface area contributed by atoms with Gasteiger partial charge in [0.05, 0.1) is 13.7 Å². The van der Waals surface area contributed by atoms with E-state index in [4.69, 9.17) is 15.9 Å². The molecule has 1 rings (SSSR count). The number of rotatable bonds is 4. The summed E-state index contributed by atoms with van der Waals surface area (Å²) in [5.74, 6) is 2.46. The molecule has 0 saturated carbocycles. The van der Waals surface area contributed by atoms with Gasteiger partial charge in [0.1, 0.15) is 0 Å². The van der Waals surface area contributed by atoms with E-state index in [2.05, 4.69) is 16.6 Å².